The van der Waals surface area contributed by atoms with E-state index in [1.807, 2.05) is 12.1 Å². The largest absolute Gasteiger partial charge is 0.363 e. The summed E-state index contributed by atoms with van der Waals surface area (Å²) in [6, 6.07) is 12.4. The fourth-order valence-corrected chi connectivity index (χ4v) is 2.98. The Morgan fingerprint density at radius 2 is 2.17 bits per heavy atom. The Morgan fingerprint density at radius 3 is 3.00 bits per heavy atom. The van der Waals surface area contributed by atoms with Crippen molar-refractivity contribution in [1.82, 2.24) is 4.98 Å². The lowest BCUT2D eigenvalue weighted by atomic mass is 10.1. The maximum Gasteiger partial charge on any atom is 0.131 e. The molecule has 1 unspecified atom stereocenters. The average molecular weight is 324 g/mol. The molecule has 3 rings (SSSR count). The molecule has 1 aliphatic rings. The number of rotatable bonds is 2. The van der Waals surface area contributed by atoms with E-state index in [0.29, 0.717) is 11.2 Å². The number of aromatic nitrogens is 1. The molecule has 2 nitrogen and oxygen atoms in total. The van der Waals surface area contributed by atoms with Crippen LogP contribution < -0.4 is 5.32 Å². The summed E-state index contributed by atoms with van der Waals surface area (Å²) in [7, 11) is 0. The first-order valence-electron chi connectivity index (χ1n) is 5.90. The minimum absolute atomic E-state index is 0.332. The van der Waals surface area contributed by atoms with Gasteiger partial charge in [0.2, 0.25) is 0 Å². The molecule has 18 heavy (non-hydrogen) atoms. The van der Waals surface area contributed by atoms with Gasteiger partial charge in [-0.3, -0.25) is 0 Å². The van der Waals surface area contributed by atoms with Gasteiger partial charge in [-0.1, -0.05) is 39.7 Å². The maximum atomic E-state index is 5.89. The van der Waals surface area contributed by atoms with Crippen LogP contribution in [0.2, 0.25) is 5.15 Å². The van der Waals surface area contributed by atoms with Crippen LogP contribution in [0.3, 0.4) is 0 Å². The van der Waals surface area contributed by atoms with Gasteiger partial charge in [0.05, 0.1) is 6.04 Å². The van der Waals surface area contributed by atoms with Gasteiger partial charge in [-0.05, 0) is 48.2 Å². The zero-order chi connectivity index (χ0) is 12.5. The number of pyridine rings is 1. The van der Waals surface area contributed by atoms with Crippen molar-refractivity contribution in [3.8, 4) is 0 Å². The Morgan fingerprint density at radius 1 is 1.28 bits per heavy atom. The van der Waals surface area contributed by atoms with E-state index < -0.39 is 0 Å². The first kappa shape index (κ1) is 12.0. The van der Waals surface area contributed by atoms with Crippen LogP contribution in [0, 0.1) is 0 Å². The van der Waals surface area contributed by atoms with Gasteiger partial charge in [0, 0.05) is 4.47 Å². The van der Waals surface area contributed by atoms with Gasteiger partial charge in [0.1, 0.15) is 11.0 Å². The molecule has 1 aromatic heterocycles. The van der Waals surface area contributed by atoms with Crippen molar-refractivity contribution in [3.05, 3.63) is 57.2 Å². The Bertz CT molecular complexity index is 586. The molecule has 0 bridgehead atoms. The molecule has 1 heterocycles. The minimum Gasteiger partial charge on any atom is -0.363 e. The van der Waals surface area contributed by atoms with Crippen molar-refractivity contribution in [1.29, 1.82) is 0 Å². The third-order valence-corrected chi connectivity index (χ3v) is 3.92. The molecule has 0 spiro atoms. The van der Waals surface area contributed by atoms with Gasteiger partial charge in [0.15, 0.2) is 0 Å². The normalized spacial score (nSPS) is 17.6. The van der Waals surface area contributed by atoms with Crippen molar-refractivity contribution in [2.24, 2.45) is 0 Å². The summed E-state index contributed by atoms with van der Waals surface area (Å²) in [6.45, 7) is 0. The molecule has 0 amide bonds. The van der Waals surface area contributed by atoms with Gasteiger partial charge in [-0.2, -0.15) is 0 Å². The zero-order valence-electron chi connectivity index (χ0n) is 9.66. The quantitative estimate of drug-likeness (QED) is 0.817. The Labute approximate surface area is 120 Å². The van der Waals surface area contributed by atoms with Crippen molar-refractivity contribution >= 4 is 33.3 Å². The molecule has 1 aromatic carbocycles. The second kappa shape index (κ2) is 4.90. The Balaban J connectivity index is 1.85. The van der Waals surface area contributed by atoms with E-state index in [1.165, 1.54) is 11.1 Å². The highest BCUT2D eigenvalue weighted by molar-refractivity contribution is 9.10. The summed E-state index contributed by atoms with van der Waals surface area (Å²) in [5.41, 5.74) is 2.77. The maximum absolute atomic E-state index is 5.89. The number of hydrogen-bond acceptors (Lipinski definition) is 2. The fraction of sp³-hybridized carbons (Fsp3) is 0.214. The topological polar surface area (TPSA) is 24.9 Å². The van der Waals surface area contributed by atoms with Crippen LogP contribution >= 0.6 is 27.5 Å². The highest BCUT2D eigenvalue weighted by Crippen LogP contribution is 2.35. The number of aryl methyl sites for hydroxylation is 1. The third-order valence-electron chi connectivity index (χ3n) is 3.22. The number of fused-ring (bicyclic) bond motifs is 1. The van der Waals surface area contributed by atoms with E-state index in [9.17, 15) is 0 Å². The number of nitrogens with zero attached hydrogens (tertiary/aromatic N) is 1. The van der Waals surface area contributed by atoms with Crippen LogP contribution in [0.4, 0.5) is 5.82 Å². The average Bonchev–Trinajstić information content (AvgIpc) is 2.72. The molecular weight excluding hydrogens is 312 g/mol. The molecule has 0 saturated carbocycles. The van der Waals surface area contributed by atoms with Gasteiger partial charge in [-0.15, -0.1) is 0 Å². The predicted molar refractivity (Wildman–Crippen MR) is 78.1 cm³/mol. The summed E-state index contributed by atoms with van der Waals surface area (Å²) < 4.78 is 1.14. The molecule has 1 N–H and O–H groups in total. The lowest BCUT2D eigenvalue weighted by molar-refractivity contribution is 0.757. The second-order valence-corrected chi connectivity index (χ2v) is 5.73. The van der Waals surface area contributed by atoms with E-state index in [2.05, 4.69) is 44.4 Å². The van der Waals surface area contributed by atoms with E-state index in [0.717, 1.165) is 23.1 Å². The molecule has 0 radical (unpaired) electrons. The van der Waals surface area contributed by atoms with E-state index >= 15 is 0 Å². The van der Waals surface area contributed by atoms with E-state index in [-0.39, 0.29) is 0 Å². The van der Waals surface area contributed by atoms with Gasteiger partial charge >= 0.3 is 0 Å². The van der Waals surface area contributed by atoms with Crippen LogP contribution in [0.5, 0.6) is 0 Å². The predicted octanol–water partition coefficient (Wildman–Crippen LogP) is 4.60. The molecule has 92 valence electrons. The Kier molecular flexibility index (Phi) is 3.27. The summed E-state index contributed by atoms with van der Waals surface area (Å²) in [5.74, 6) is 0.836. The van der Waals surface area contributed by atoms with Crippen molar-refractivity contribution in [2.45, 2.75) is 18.9 Å². The zero-order valence-corrected chi connectivity index (χ0v) is 12.0. The summed E-state index contributed by atoms with van der Waals surface area (Å²) >= 11 is 9.40. The van der Waals surface area contributed by atoms with Crippen LogP contribution in [-0.2, 0) is 6.42 Å². The van der Waals surface area contributed by atoms with E-state index in [4.69, 9.17) is 11.6 Å². The molecule has 0 aliphatic heterocycles. The summed E-state index contributed by atoms with van der Waals surface area (Å²) in [6.07, 6.45) is 2.20. The van der Waals surface area contributed by atoms with Gasteiger partial charge < -0.3 is 5.32 Å². The molecular formula is C14H12BrClN2. The molecule has 0 fully saturated rings. The number of anilines is 1. The molecule has 0 saturated heterocycles. The van der Waals surface area contributed by atoms with Gasteiger partial charge in [0.25, 0.3) is 0 Å². The fourth-order valence-electron chi connectivity index (χ4n) is 2.40. The molecule has 2 aromatic rings. The summed E-state index contributed by atoms with van der Waals surface area (Å²) in [4.78, 5) is 4.27. The highest BCUT2D eigenvalue weighted by Gasteiger charge is 2.22. The monoisotopic (exact) mass is 322 g/mol. The standard InChI is InChI=1S/C14H12BrClN2/c15-10-5-6-11-9(8-10)4-7-12(11)17-14-3-1-2-13(16)18-14/h1-3,5-6,8,12H,4,7H2,(H,17,18). The molecule has 1 aliphatic carbocycles. The number of halogens is 2. The first-order chi connectivity index (χ1) is 8.72. The van der Waals surface area contributed by atoms with E-state index in [1.54, 1.807) is 6.07 Å². The minimum atomic E-state index is 0.332. The molecule has 4 heteroatoms. The van der Waals surface area contributed by atoms with Crippen LogP contribution in [0.15, 0.2) is 40.9 Å². The number of benzene rings is 1. The number of nitrogens with one attached hydrogen (secondary N) is 1. The number of hydrogen-bond donors (Lipinski definition) is 1. The lowest BCUT2D eigenvalue weighted by Gasteiger charge is -2.14. The third kappa shape index (κ3) is 2.38. The van der Waals surface area contributed by atoms with Gasteiger partial charge in [-0.25, -0.2) is 4.98 Å². The Hall–Kier alpha value is -1.06. The van der Waals surface area contributed by atoms with Crippen molar-refractivity contribution in [2.75, 3.05) is 5.32 Å². The molecule has 1 atom stereocenters. The first-order valence-corrected chi connectivity index (χ1v) is 7.07. The van der Waals surface area contributed by atoms with Crippen molar-refractivity contribution < 1.29 is 0 Å². The summed E-state index contributed by atoms with van der Waals surface area (Å²) in [5, 5.41) is 3.97. The lowest BCUT2D eigenvalue weighted by Crippen LogP contribution is -2.08. The SMILES string of the molecule is Clc1cccc(NC2CCc3cc(Br)ccc32)n1. The van der Waals surface area contributed by atoms with Crippen molar-refractivity contribution in [3.63, 3.8) is 0 Å². The highest BCUT2D eigenvalue weighted by atomic mass is 79.9. The van der Waals surface area contributed by atoms with Crippen LogP contribution in [0.25, 0.3) is 0 Å². The van der Waals surface area contributed by atoms with Crippen LogP contribution in [0.1, 0.15) is 23.6 Å². The smallest absolute Gasteiger partial charge is 0.131 e. The van der Waals surface area contributed by atoms with Crippen LogP contribution in [-0.4, -0.2) is 4.98 Å². The second-order valence-electron chi connectivity index (χ2n) is 4.42.